The molecule has 0 aliphatic heterocycles. The molecule has 2 atom stereocenters. The Morgan fingerprint density at radius 2 is 1.29 bits per heavy atom. The molecule has 0 radical (unpaired) electrons. The summed E-state index contributed by atoms with van der Waals surface area (Å²) in [5.41, 5.74) is 2.02. The zero-order valence-electron chi connectivity index (χ0n) is 9.88. The maximum atomic E-state index is 10.4. The summed E-state index contributed by atoms with van der Waals surface area (Å²) in [6.45, 7) is 0. The van der Waals surface area contributed by atoms with Gasteiger partial charge in [0.1, 0.15) is 0 Å². The Balaban J connectivity index is 2.25. The molecule has 0 saturated carbocycles. The molecule has 0 bridgehead atoms. The maximum absolute atomic E-state index is 10.4. The van der Waals surface area contributed by atoms with Gasteiger partial charge in [0.25, 0.3) is 0 Å². The van der Waals surface area contributed by atoms with E-state index in [1.54, 1.807) is 0 Å². The Labute approximate surface area is 102 Å². The summed E-state index contributed by atoms with van der Waals surface area (Å²) >= 11 is 0. The molecule has 0 amide bonds. The number of aliphatic hydroxyl groups excluding tert-OH is 1. The van der Waals surface area contributed by atoms with E-state index in [0.29, 0.717) is 0 Å². The molecule has 0 saturated heterocycles. The predicted molar refractivity (Wildman–Crippen MR) is 69.6 cm³/mol. The zero-order chi connectivity index (χ0) is 12.1. The summed E-state index contributed by atoms with van der Waals surface area (Å²) in [5.74, 6) is 0. The number of hydrogen-bond acceptors (Lipinski definition) is 2. The van der Waals surface area contributed by atoms with Crippen LogP contribution in [0.15, 0.2) is 60.7 Å². The number of nitrogens with one attached hydrogen (secondary N) is 1. The first-order valence-corrected chi connectivity index (χ1v) is 5.78. The van der Waals surface area contributed by atoms with Crippen LogP contribution in [0.1, 0.15) is 23.3 Å². The number of benzene rings is 2. The van der Waals surface area contributed by atoms with E-state index in [9.17, 15) is 5.11 Å². The predicted octanol–water partition coefficient (Wildman–Crippen LogP) is 2.68. The molecule has 0 spiro atoms. The highest BCUT2D eigenvalue weighted by molar-refractivity contribution is 5.25. The Hall–Kier alpha value is -1.64. The van der Waals surface area contributed by atoms with Crippen molar-refractivity contribution in [2.45, 2.75) is 12.1 Å². The lowest BCUT2D eigenvalue weighted by molar-refractivity contribution is 0.133. The van der Waals surface area contributed by atoms with Gasteiger partial charge < -0.3 is 10.4 Å². The molecule has 0 aromatic heterocycles. The van der Waals surface area contributed by atoms with Gasteiger partial charge in [-0.15, -0.1) is 0 Å². The number of aliphatic hydroxyl groups is 1. The van der Waals surface area contributed by atoms with Gasteiger partial charge in [-0.05, 0) is 18.2 Å². The molecule has 2 N–H and O–H groups in total. The molecule has 88 valence electrons. The van der Waals surface area contributed by atoms with Gasteiger partial charge in [0.05, 0.1) is 12.1 Å². The van der Waals surface area contributed by atoms with Crippen molar-refractivity contribution < 1.29 is 5.11 Å². The Morgan fingerprint density at radius 1 is 0.824 bits per heavy atom. The van der Waals surface area contributed by atoms with Crippen LogP contribution in [0, 0.1) is 0 Å². The quantitative estimate of drug-likeness (QED) is 0.841. The van der Waals surface area contributed by atoms with E-state index in [2.05, 4.69) is 5.32 Å². The molecule has 2 nitrogen and oxygen atoms in total. The van der Waals surface area contributed by atoms with Crippen molar-refractivity contribution in [2.75, 3.05) is 7.05 Å². The molecule has 0 aliphatic carbocycles. The molecule has 2 rings (SSSR count). The van der Waals surface area contributed by atoms with E-state index in [1.165, 1.54) is 0 Å². The zero-order valence-corrected chi connectivity index (χ0v) is 9.88. The first kappa shape index (κ1) is 11.8. The normalized spacial score (nSPS) is 14.2. The fourth-order valence-corrected chi connectivity index (χ4v) is 2.01. The largest absolute Gasteiger partial charge is 0.386 e. The minimum atomic E-state index is -0.538. The van der Waals surface area contributed by atoms with Crippen molar-refractivity contribution in [3.63, 3.8) is 0 Å². The summed E-state index contributed by atoms with van der Waals surface area (Å²) < 4.78 is 0. The lowest BCUT2D eigenvalue weighted by Crippen LogP contribution is -2.23. The highest BCUT2D eigenvalue weighted by Gasteiger charge is 2.20. The van der Waals surface area contributed by atoms with Crippen molar-refractivity contribution in [1.29, 1.82) is 0 Å². The SMILES string of the molecule is CNC(c1ccccc1)[C@@H](O)c1ccccc1. The van der Waals surface area contributed by atoms with Crippen molar-refractivity contribution in [3.05, 3.63) is 71.8 Å². The minimum Gasteiger partial charge on any atom is -0.386 e. The van der Waals surface area contributed by atoms with E-state index >= 15 is 0 Å². The van der Waals surface area contributed by atoms with E-state index in [-0.39, 0.29) is 6.04 Å². The highest BCUT2D eigenvalue weighted by atomic mass is 16.3. The van der Waals surface area contributed by atoms with Crippen LogP contribution >= 0.6 is 0 Å². The molecule has 2 heteroatoms. The number of likely N-dealkylation sites (N-methyl/N-ethyl adjacent to an activating group) is 1. The van der Waals surface area contributed by atoms with Gasteiger partial charge in [0.15, 0.2) is 0 Å². The molecule has 17 heavy (non-hydrogen) atoms. The highest BCUT2D eigenvalue weighted by Crippen LogP contribution is 2.27. The lowest BCUT2D eigenvalue weighted by atomic mass is 9.96. The number of rotatable bonds is 4. The summed E-state index contributed by atoms with van der Waals surface area (Å²) in [5, 5.41) is 13.5. The second kappa shape index (κ2) is 5.62. The van der Waals surface area contributed by atoms with Crippen molar-refractivity contribution in [3.8, 4) is 0 Å². The second-order valence-electron chi connectivity index (χ2n) is 4.03. The molecular formula is C15H17NO. The molecular weight excluding hydrogens is 210 g/mol. The fourth-order valence-electron chi connectivity index (χ4n) is 2.01. The van der Waals surface area contributed by atoms with E-state index in [1.807, 2.05) is 67.7 Å². The lowest BCUT2D eigenvalue weighted by Gasteiger charge is -2.23. The van der Waals surface area contributed by atoms with Crippen LogP contribution in [0.4, 0.5) is 0 Å². The molecule has 2 aromatic carbocycles. The average molecular weight is 227 g/mol. The van der Waals surface area contributed by atoms with Crippen LogP contribution in [0.5, 0.6) is 0 Å². The van der Waals surface area contributed by atoms with E-state index in [4.69, 9.17) is 0 Å². The molecule has 1 unspecified atom stereocenters. The topological polar surface area (TPSA) is 32.3 Å². The van der Waals surface area contributed by atoms with Gasteiger partial charge in [-0.25, -0.2) is 0 Å². The van der Waals surface area contributed by atoms with Gasteiger partial charge >= 0.3 is 0 Å². The maximum Gasteiger partial charge on any atom is 0.0984 e. The molecule has 2 aromatic rings. The van der Waals surface area contributed by atoms with Gasteiger partial charge in [-0.2, -0.15) is 0 Å². The Kier molecular flexibility index (Phi) is 3.91. The van der Waals surface area contributed by atoms with Crippen LogP contribution in [-0.4, -0.2) is 12.2 Å². The van der Waals surface area contributed by atoms with Gasteiger partial charge in [-0.3, -0.25) is 0 Å². The minimum absolute atomic E-state index is 0.0846. The van der Waals surface area contributed by atoms with Crippen LogP contribution in [0.3, 0.4) is 0 Å². The third kappa shape index (κ3) is 2.73. The van der Waals surface area contributed by atoms with Gasteiger partial charge in [0, 0.05) is 0 Å². The van der Waals surface area contributed by atoms with Gasteiger partial charge in [-0.1, -0.05) is 60.7 Å². The second-order valence-corrected chi connectivity index (χ2v) is 4.03. The Bertz CT molecular complexity index is 441. The van der Waals surface area contributed by atoms with Crippen molar-refractivity contribution >= 4 is 0 Å². The first-order chi connectivity index (χ1) is 8.33. The third-order valence-corrected chi connectivity index (χ3v) is 2.93. The van der Waals surface area contributed by atoms with Crippen LogP contribution in [0.2, 0.25) is 0 Å². The number of hydrogen-bond donors (Lipinski definition) is 2. The monoisotopic (exact) mass is 227 g/mol. The van der Waals surface area contributed by atoms with Crippen LogP contribution < -0.4 is 5.32 Å². The standard InChI is InChI=1S/C15H17NO/c1-16-14(12-8-4-2-5-9-12)15(17)13-10-6-3-7-11-13/h2-11,14-17H,1H3/t14?,15-/m0/s1. The van der Waals surface area contributed by atoms with Crippen molar-refractivity contribution in [2.24, 2.45) is 0 Å². The summed E-state index contributed by atoms with van der Waals surface area (Å²) in [7, 11) is 1.86. The van der Waals surface area contributed by atoms with Crippen LogP contribution in [-0.2, 0) is 0 Å². The van der Waals surface area contributed by atoms with Gasteiger partial charge in [0.2, 0.25) is 0 Å². The smallest absolute Gasteiger partial charge is 0.0984 e. The van der Waals surface area contributed by atoms with Crippen molar-refractivity contribution in [1.82, 2.24) is 5.32 Å². The molecule has 0 aliphatic rings. The van der Waals surface area contributed by atoms with Crippen LogP contribution in [0.25, 0.3) is 0 Å². The first-order valence-electron chi connectivity index (χ1n) is 5.78. The summed E-state index contributed by atoms with van der Waals surface area (Å²) in [6, 6.07) is 19.6. The summed E-state index contributed by atoms with van der Waals surface area (Å²) in [4.78, 5) is 0. The Morgan fingerprint density at radius 3 is 1.76 bits per heavy atom. The van der Waals surface area contributed by atoms with E-state index in [0.717, 1.165) is 11.1 Å². The average Bonchev–Trinajstić information content (AvgIpc) is 2.42. The van der Waals surface area contributed by atoms with E-state index < -0.39 is 6.10 Å². The molecule has 0 fully saturated rings. The fraction of sp³-hybridized carbons (Fsp3) is 0.200. The molecule has 0 heterocycles. The summed E-state index contributed by atoms with van der Waals surface area (Å²) in [6.07, 6.45) is -0.538. The third-order valence-electron chi connectivity index (χ3n) is 2.93.